The van der Waals surface area contributed by atoms with Crippen molar-refractivity contribution in [3.05, 3.63) is 101 Å². The highest BCUT2D eigenvalue weighted by Crippen LogP contribution is 2.35. The van der Waals surface area contributed by atoms with Crippen molar-refractivity contribution < 1.29 is 28.9 Å². The lowest BCUT2D eigenvalue weighted by molar-refractivity contribution is -0.0748. The van der Waals surface area contributed by atoms with Gasteiger partial charge in [0.05, 0.1) is 26.4 Å². The van der Waals surface area contributed by atoms with Crippen LogP contribution in [0.3, 0.4) is 0 Å². The molecule has 9 heteroatoms. The molecule has 0 radical (unpaired) electrons. The van der Waals surface area contributed by atoms with Gasteiger partial charge in [0.25, 0.3) is 11.8 Å². The van der Waals surface area contributed by atoms with Crippen LogP contribution in [-0.2, 0) is 22.3 Å². The molecule has 2 amide bonds. The minimum absolute atomic E-state index is 0.0613. The molecule has 3 aromatic rings. The number of rotatable bonds is 11. The zero-order chi connectivity index (χ0) is 29.5. The number of hydrogen-bond donors (Lipinski definition) is 2. The maximum Gasteiger partial charge on any atom is 0.254 e. The molecule has 0 saturated carbocycles. The van der Waals surface area contributed by atoms with Crippen LogP contribution in [0.4, 0.5) is 0 Å². The molecular weight excluding hydrogens is 534 g/mol. The van der Waals surface area contributed by atoms with Crippen molar-refractivity contribution in [3.8, 4) is 5.75 Å². The van der Waals surface area contributed by atoms with Crippen LogP contribution in [0.15, 0.2) is 72.8 Å². The number of fused-ring (bicyclic) bond motifs is 1. The van der Waals surface area contributed by atoms with E-state index in [0.717, 1.165) is 18.4 Å². The average molecular weight is 574 g/mol. The number of aliphatic hydroxyl groups excluding tert-OH is 1. The number of aliphatic hydroxyl groups is 1. The first-order chi connectivity index (χ1) is 20.5. The minimum Gasteiger partial charge on any atom is -0.496 e. The number of hydrogen-bond acceptors (Lipinski definition) is 7. The van der Waals surface area contributed by atoms with Gasteiger partial charge in [-0.25, -0.2) is 0 Å². The van der Waals surface area contributed by atoms with E-state index in [9.17, 15) is 14.7 Å². The molecule has 0 spiro atoms. The van der Waals surface area contributed by atoms with Crippen molar-refractivity contribution in [3.63, 3.8) is 0 Å². The highest BCUT2D eigenvalue weighted by atomic mass is 16.5. The first-order valence-electron chi connectivity index (χ1n) is 14.4. The zero-order valence-corrected chi connectivity index (χ0v) is 24.2. The van der Waals surface area contributed by atoms with Gasteiger partial charge >= 0.3 is 0 Å². The summed E-state index contributed by atoms with van der Waals surface area (Å²) in [6, 6.07) is 22.8. The van der Waals surface area contributed by atoms with Crippen molar-refractivity contribution in [2.75, 3.05) is 53.6 Å². The van der Waals surface area contributed by atoms with Gasteiger partial charge in [-0.2, -0.15) is 0 Å². The Morgan fingerprint density at radius 1 is 0.952 bits per heavy atom. The molecule has 2 atom stereocenters. The predicted molar refractivity (Wildman–Crippen MR) is 159 cm³/mol. The van der Waals surface area contributed by atoms with Crippen LogP contribution in [0.2, 0.25) is 0 Å². The summed E-state index contributed by atoms with van der Waals surface area (Å²) in [6.45, 7) is 2.52. The molecule has 0 aromatic heterocycles. The minimum atomic E-state index is -0.854. The van der Waals surface area contributed by atoms with Crippen molar-refractivity contribution in [2.45, 2.75) is 31.2 Å². The number of para-hydroxylation sites is 1. The van der Waals surface area contributed by atoms with E-state index in [2.05, 4.69) is 34.5 Å². The van der Waals surface area contributed by atoms with Crippen molar-refractivity contribution in [1.29, 1.82) is 0 Å². The van der Waals surface area contributed by atoms with Crippen LogP contribution < -0.4 is 10.1 Å². The predicted octanol–water partition coefficient (Wildman–Crippen LogP) is 3.07. The van der Waals surface area contributed by atoms with E-state index in [1.165, 1.54) is 11.1 Å². The fraction of sp³-hybridized carbons (Fsp3) is 0.394. The Hall–Kier alpha value is -3.76. The Kier molecular flexibility index (Phi) is 9.86. The van der Waals surface area contributed by atoms with Crippen LogP contribution in [0.5, 0.6) is 5.75 Å². The average Bonchev–Trinajstić information content (AvgIpc) is 3.48. The van der Waals surface area contributed by atoms with Gasteiger partial charge in [0.2, 0.25) is 0 Å². The second-order valence-corrected chi connectivity index (χ2v) is 10.7. The van der Waals surface area contributed by atoms with E-state index in [4.69, 9.17) is 14.2 Å². The lowest BCUT2D eigenvalue weighted by Gasteiger charge is -2.37. The first-order valence-corrected chi connectivity index (χ1v) is 14.4. The van der Waals surface area contributed by atoms with Crippen LogP contribution >= 0.6 is 0 Å². The number of methoxy groups -OCH3 is 2. The Morgan fingerprint density at radius 2 is 1.57 bits per heavy atom. The van der Waals surface area contributed by atoms with Crippen LogP contribution in [0, 0.1) is 0 Å². The third-order valence-electron chi connectivity index (χ3n) is 8.04. The highest BCUT2D eigenvalue weighted by Gasteiger charge is 2.34. The molecular formula is C33H39N3O6. The van der Waals surface area contributed by atoms with E-state index in [-0.39, 0.29) is 30.9 Å². The fourth-order valence-corrected chi connectivity index (χ4v) is 5.85. The lowest BCUT2D eigenvalue weighted by atomic mass is 10.1. The van der Waals surface area contributed by atoms with E-state index >= 15 is 0 Å². The number of benzene rings is 3. The molecule has 2 N–H and O–H groups in total. The van der Waals surface area contributed by atoms with Gasteiger partial charge in [0.15, 0.2) is 0 Å². The van der Waals surface area contributed by atoms with E-state index < -0.39 is 12.3 Å². The lowest BCUT2D eigenvalue weighted by Crippen LogP contribution is -2.47. The Balaban J connectivity index is 1.25. The van der Waals surface area contributed by atoms with Crippen LogP contribution in [0.25, 0.3) is 0 Å². The summed E-state index contributed by atoms with van der Waals surface area (Å²) in [6.07, 6.45) is 0.356. The maximum atomic E-state index is 12.9. The molecule has 42 heavy (non-hydrogen) atoms. The van der Waals surface area contributed by atoms with E-state index in [1.54, 1.807) is 43.4 Å². The van der Waals surface area contributed by atoms with Crippen LogP contribution in [0.1, 0.15) is 43.6 Å². The van der Waals surface area contributed by atoms with Crippen LogP contribution in [-0.4, -0.2) is 92.5 Å². The maximum absolute atomic E-state index is 12.9. The Morgan fingerprint density at radius 3 is 2.21 bits per heavy atom. The molecule has 1 saturated heterocycles. The smallest absolute Gasteiger partial charge is 0.254 e. The van der Waals surface area contributed by atoms with Gasteiger partial charge in [-0.05, 0) is 54.3 Å². The summed E-state index contributed by atoms with van der Waals surface area (Å²) in [4.78, 5) is 29.6. The second kappa shape index (κ2) is 13.9. The monoisotopic (exact) mass is 573 g/mol. The molecule has 2 aliphatic rings. The highest BCUT2D eigenvalue weighted by molar-refractivity contribution is 5.97. The van der Waals surface area contributed by atoms with Gasteiger partial charge in [0, 0.05) is 56.0 Å². The summed E-state index contributed by atoms with van der Waals surface area (Å²) in [5.41, 5.74) is 4.42. The third kappa shape index (κ3) is 6.82. The van der Waals surface area contributed by atoms with Gasteiger partial charge in [-0.1, -0.05) is 42.5 Å². The summed E-state index contributed by atoms with van der Waals surface area (Å²) in [5, 5.41) is 14.0. The van der Waals surface area contributed by atoms with E-state index in [0.29, 0.717) is 43.2 Å². The number of carbonyl (C=O) groups excluding carboxylic acids is 2. The van der Waals surface area contributed by atoms with Crippen molar-refractivity contribution >= 4 is 11.8 Å². The number of ether oxygens (including phenoxy) is 3. The number of nitrogens with zero attached hydrogens (tertiary/aromatic N) is 2. The molecule has 1 aliphatic carbocycles. The number of nitrogens with one attached hydrogen (secondary N) is 1. The standard InChI is InChI=1S/C33H39N3O6/c1-40-30-10-6-5-9-29(30)33(41-2)36(27-19-25-7-3-4-8-26(25)20-27)22-28(37)21-34-31(38)23-11-13-24(14-12-23)32(39)35-15-17-42-18-16-35/h3-14,27-28,33,37H,15-22H2,1-2H3,(H,34,38)/t28?,33-/m1/s1. The molecule has 9 nitrogen and oxygen atoms in total. The van der Waals surface area contributed by atoms with Crippen molar-refractivity contribution in [1.82, 2.24) is 15.1 Å². The molecule has 1 heterocycles. The molecule has 1 fully saturated rings. The third-order valence-corrected chi connectivity index (χ3v) is 8.04. The molecule has 5 rings (SSSR count). The number of morpholine rings is 1. The zero-order valence-electron chi connectivity index (χ0n) is 24.2. The SMILES string of the molecule is COc1ccccc1[C@@H](OC)N(CC(O)CNC(=O)c1ccc(C(=O)N2CCOCC2)cc1)C1Cc2ccccc2C1. The Bertz CT molecular complexity index is 1330. The van der Waals surface area contributed by atoms with Gasteiger partial charge in [0.1, 0.15) is 12.0 Å². The van der Waals surface area contributed by atoms with E-state index in [1.807, 2.05) is 24.3 Å². The molecule has 3 aromatic carbocycles. The molecule has 222 valence electrons. The first kappa shape index (κ1) is 29.7. The summed E-state index contributed by atoms with van der Waals surface area (Å²) in [7, 11) is 3.30. The normalized spacial score (nSPS) is 16.6. The Labute approximate surface area is 247 Å². The van der Waals surface area contributed by atoms with Gasteiger partial charge in [-0.3, -0.25) is 14.5 Å². The summed E-state index contributed by atoms with van der Waals surface area (Å²) < 4.78 is 17.0. The van der Waals surface area contributed by atoms with Crippen molar-refractivity contribution in [2.24, 2.45) is 0 Å². The number of amides is 2. The van der Waals surface area contributed by atoms with Gasteiger partial charge < -0.3 is 29.5 Å². The molecule has 0 bridgehead atoms. The molecule has 1 aliphatic heterocycles. The summed E-state index contributed by atoms with van der Waals surface area (Å²) in [5.74, 6) is 0.327. The van der Waals surface area contributed by atoms with Gasteiger partial charge in [-0.15, -0.1) is 0 Å². The second-order valence-electron chi connectivity index (χ2n) is 10.7. The quantitative estimate of drug-likeness (QED) is 0.340. The topological polar surface area (TPSA) is 101 Å². The fourth-order valence-electron chi connectivity index (χ4n) is 5.85. The number of carbonyl (C=O) groups is 2. The largest absolute Gasteiger partial charge is 0.496 e. The molecule has 1 unspecified atom stereocenters. The summed E-state index contributed by atoms with van der Waals surface area (Å²) >= 11 is 0.